The van der Waals surface area contributed by atoms with Gasteiger partial charge in [-0.15, -0.1) is 0 Å². The maximum Gasteiger partial charge on any atom is 0.285 e. The molecule has 2 aromatic heterocycles. The number of hydrogen-bond donors (Lipinski definition) is 0. The quantitative estimate of drug-likeness (QED) is 0.458. The van der Waals surface area contributed by atoms with Crippen LogP contribution in [0.3, 0.4) is 0 Å². The van der Waals surface area contributed by atoms with Gasteiger partial charge >= 0.3 is 0 Å². The number of aromatic nitrogens is 4. The van der Waals surface area contributed by atoms with Crippen molar-refractivity contribution in [3.05, 3.63) is 70.9 Å². The van der Waals surface area contributed by atoms with Crippen LogP contribution in [0.4, 0.5) is 0 Å². The lowest BCUT2D eigenvalue weighted by atomic mass is 10.2. The maximum atomic E-state index is 12.9. The number of ether oxygens (including phenoxy) is 3. The number of nitrogens with zero attached hydrogens (tertiary/aromatic N) is 5. The van der Waals surface area contributed by atoms with Crippen molar-refractivity contribution < 1.29 is 14.2 Å². The second-order valence-electron chi connectivity index (χ2n) is 6.22. The third kappa shape index (κ3) is 3.37. The van der Waals surface area contributed by atoms with E-state index in [-0.39, 0.29) is 5.56 Å². The van der Waals surface area contributed by atoms with E-state index in [0.717, 1.165) is 10.4 Å². The molecule has 152 valence electrons. The fourth-order valence-corrected chi connectivity index (χ4v) is 3.02. The summed E-state index contributed by atoms with van der Waals surface area (Å²) in [5, 5.41) is 8.90. The summed E-state index contributed by atoms with van der Waals surface area (Å²) in [5.41, 5.74) is 1.55. The summed E-state index contributed by atoms with van der Waals surface area (Å²) in [6, 6.07) is 12.9. The van der Waals surface area contributed by atoms with E-state index in [9.17, 15) is 4.79 Å². The van der Waals surface area contributed by atoms with Crippen molar-refractivity contribution in [3.8, 4) is 22.9 Å². The van der Waals surface area contributed by atoms with Gasteiger partial charge in [0, 0.05) is 11.6 Å². The Hall–Kier alpha value is -4.14. The molecule has 9 nitrogen and oxygen atoms in total. The van der Waals surface area contributed by atoms with Crippen LogP contribution in [0.1, 0.15) is 5.56 Å². The van der Waals surface area contributed by atoms with Gasteiger partial charge in [-0.3, -0.25) is 4.79 Å². The molecule has 0 aliphatic rings. The zero-order chi connectivity index (χ0) is 21.1. The van der Waals surface area contributed by atoms with Gasteiger partial charge in [-0.2, -0.15) is 14.9 Å². The van der Waals surface area contributed by atoms with E-state index in [0.29, 0.717) is 33.8 Å². The topological polar surface area (TPSA) is 92.8 Å². The van der Waals surface area contributed by atoms with Crippen molar-refractivity contribution >= 4 is 17.2 Å². The molecule has 9 heteroatoms. The highest BCUT2D eigenvalue weighted by Gasteiger charge is 2.13. The second kappa shape index (κ2) is 8.08. The van der Waals surface area contributed by atoms with Crippen LogP contribution >= 0.6 is 0 Å². The summed E-state index contributed by atoms with van der Waals surface area (Å²) in [5.74, 6) is 1.57. The molecule has 4 aromatic rings. The van der Waals surface area contributed by atoms with Gasteiger partial charge in [0.1, 0.15) is 17.5 Å². The molecule has 0 bridgehead atoms. The largest absolute Gasteiger partial charge is 0.496 e. The molecule has 0 aliphatic heterocycles. The normalized spacial score (nSPS) is 11.2. The van der Waals surface area contributed by atoms with Crippen molar-refractivity contribution in [3.63, 3.8) is 0 Å². The van der Waals surface area contributed by atoms with Gasteiger partial charge in [-0.05, 0) is 18.2 Å². The van der Waals surface area contributed by atoms with E-state index in [2.05, 4.69) is 15.2 Å². The highest BCUT2D eigenvalue weighted by Crippen LogP contribution is 2.33. The number of hydrogen-bond acceptors (Lipinski definition) is 7. The molecule has 0 saturated carbocycles. The molecule has 0 aliphatic carbocycles. The van der Waals surface area contributed by atoms with Gasteiger partial charge in [0.2, 0.25) is 0 Å². The summed E-state index contributed by atoms with van der Waals surface area (Å²) in [6.07, 6.45) is 4.34. The van der Waals surface area contributed by atoms with Crippen LogP contribution in [0, 0.1) is 0 Å². The minimum Gasteiger partial charge on any atom is -0.496 e. The Balaban J connectivity index is 1.74. The van der Waals surface area contributed by atoms with Gasteiger partial charge in [-0.1, -0.05) is 18.2 Å². The van der Waals surface area contributed by atoms with Crippen molar-refractivity contribution in [2.75, 3.05) is 21.3 Å². The minimum atomic E-state index is -0.335. The Kier molecular flexibility index (Phi) is 5.17. The molecule has 0 unspecified atom stereocenters. The van der Waals surface area contributed by atoms with E-state index in [1.165, 1.54) is 33.0 Å². The van der Waals surface area contributed by atoms with Crippen molar-refractivity contribution in [1.29, 1.82) is 0 Å². The number of methoxy groups -OCH3 is 3. The average molecular weight is 405 g/mol. The summed E-state index contributed by atoms with van der Waals surface area (Å²) in [7, 11) is 4.62. The summed E-state index contributed by atoms with van der Waals surface area (Å²) < 4.78 is 18.7. The lowest BCUT2D eigenvalue weighted by Crippen LogP contribution is -2.17. The average Bonchev–Trinajstić information content (AvgIpc) is 3.23. The number of fused-ring (bicyclic) bond motifs is 1. The van der Waals surface area contributed by atoms with E-state index in [1.807, 2.05) is 30.3 Å². The predicted octanol–water partition coefficient (Wildman–Crippen LogP) is 2.49. The number of para-hydroxylation sites is 1. The Morgan fingerprint density at radius 1 is 0.967 bits per heavy atom. The molecule has 0 saturated heterocycles. The van der Waals surface area contributed by atoms with Crippen LogP contribution in [-0.4, -0.2) is 47.0 Å². The molecule has 2 heterocycles. The SMILES string of the molecule is COc1cc(OC)c(OC)cc1/C=N\n1cnc2c(cnn2-c2ccccc2)c1=O. The van der Waals surface area contributed by atoms with Crippen LogP contribution in [0.25, 0.3) is 16.7 Å². The Bertz CT molecular complexity index is 1280. The third-order valence-corrected chi connectivity index (χ3v) is 4.53. The Morgan fingerprint density at radius 3 is 2.37 bits per heavy atom. The monoisotopic (exact) mass is 405 g/mol. The summed E-state index contributed by atoms with van der Waals surface area (Å²) >= 11 is 0. The number of rotatable bonds is 6. The molecular formula is C21H19N5O4. The molecule has 0 radical (unpaired) electrons. The van der Waals surface area contributed by atoms with Gasteiger partial charge in [0.15, 0.2) is 17.1 Å². The Labute approximate surface area is 171 Å². The van der Waals surface area contributed by atoms with Crippen molar-refractivity contribution in [2.45, 2.75) is 0 Å². The first-order chi connectivity index (χ1) is 14.7. The van der Waals surface area contributed by atoms with E-state index < -0.39 is 0 Å². The zero-order valence-corrected chi connectivity index (χ0v) is 16.6. The van der Waals surface area contributed by atoms with Gasteiger partial charge < -0.3 is 14.2 Å². The van der Waals surface area contributed by atoms with E-state index in [1.54, 1.807) is 23.9 Å². The molecule has 30 heavy (non-hydrogen) atoms. The summed E-state index contributed by atoms with van der Waals surface area (Å²) in [6.45, 7) is 0. The molecule has 0 amide bonds. The fraction of sp³-hybridized carbons (Fsp3) is 0.143. The Morgan fingerprint density at radius 2 is 1.67 bits per heavy atom. The highest BCUT2D eigenvalue weighted by molar-refractivity contribution is 5.85. The predicted molar refractivity (Wildman–Crippen MR) is 112 cm³/mol. The van der Waals surface area contributed by atoms with Crippen molar-refractivity contribution in [2.24, 2.45) is 5.10 Å². The maximum absolute atomic E-state index is 12.9. The molecular weight excluding hydrogens is 386 g/mol. The van der Waals surface area contributed by atoms with Crippen LogP contribution in [0.15, 0.2) is 64.9 Å². The van der Waals surface area contributed by atoms with Crippen LogP contribution in [0.5, 0.6) is 17.2 Å². The van der Waals surface area contributed by atoms with Crippen molar-refractivity contribution in [1.82, 2.24) is 19.4 Å². The first-order valence-electron chi connectivity index (χ1n) is 9.01. The molecule has 2 aromatic carbocycles. The molecule has 0 N–H and O–H groups in total. The standard InChI is InChI=1S/C21H19N5O4/c1-28-17-10-19(30-3)18(29-2)9-14(17)11-23-25-13-22-20-16(21(25)27)12-24-26(20)15-7-5-4-6-8-15/h4-13H,1-3H3/b23-11-. The zero-order valence-electron chi connectivity index (χ0n) is 16.6. The van der Waals surface area contributed by atoms with Crippen LogP contribution in [-0.2, 0) is 0 Å². The molecule has 0 atom stereocenters. The highest BCUT2D eigenvalue weighted by atomic mass is 16.5. The van der Waals surface area contributed by atoms with Crippen LogP contribution < -0.4 is 19.8 Å². The smallest absolute Gasteiger partial charge is 0.285 e. The minimum absolute atomic E-state index is 0.335. The number of benzene rings is 2. The van der Waals surface area contributed by atoms with E-state index in [4.69, 9.17) is 14.2 Å². The first-order valence-corrected chi connectivity index (χ1v) is 9.01. The molecule has 4 rings (SSSR count). The fourth-order valence-electron chi connectivity index (χ4n) is 3.02. The van der Waals surface area contributed by atoms with Gasteiger partial charge in [-0.25, -0.2) is 9.67 Å². The van der Waals surface area contributed by atoms with Gasteiger partial charge in [0.25, 0.3) is 5.56 Å². The second-order valence-corrected chi connectivity index (χ2v) is 6.22. The lowest BCUT2D eigenvalue weighted by molar-refractivity contribution is 0.349. The summed E-state index contributed by atoms with van der Waals surface area (Å²) in [4.78, 5) is 17.2. The van der Waals surface area contributed by atoms with E-state index >= 15 is 0 Å². The van der Waals surface area contributed by atoms with Gasteiger partial charge in [0.05, 0.1) is 39.4 Å². The lowest BCUT2D eigenvalue weighted by Gasteiger charge is -2.11. The third-order valence-electron chi connectivity index (χ3n) is 4.53. The molecule has 0 spiro atoms. The van der Waals surface area contributed by atoms with Crippen LogP contribution in [0.2, 0.25) is 0 Å². The first kappa shape index (κ1) is 19.2. The molecule has 0 fully saturated rings.